The Balaban J connectivity index is 3.83. The molecule has 0 amide bonds. The Labute approximate surface area is 58.2 Å². The Bertz CT molecular complexity index is 99.1. The van der Waals surface area contributed by atoms with Crippen molar-refractivity contribution in [2.45, 2.75) is 34.1 Å². The van der Waals surface area contributed by atoms with Crippen LogP contribution in [0.15, 0.2) is 11.3 Å². The summed E-state index contributed by atoms with van der Waals surface area (Å²) >= 11 is 0. The van der Waals surface area contributed by atoms with Gasteiger partial charge in [-0.05, 0) is 27.2 Å². The molecule has 0 aliphatic rings. The van der Waals surface area contributed by atoms with Crippen molar-refractivity contribution < 1.29 is 0 Å². The first kappa shape index (κ1) is 8.54. The second-order valence-electron chi connectivity index (χ2n) is 2.36. The van der Waals surface area contributed by atoms with E-state index in [9.17, 15) is 0 Å². The quantitative estimate of drug-likeness (QED) is 0.613. The van der Waals surface area contributed by atoms with Crippen LogP contribution in [0.1, 0.15) is 34.1 Å². The van der Waals surface area contributed by atoms with Crippen molar-refractivity contribution in [3.05, 3.63) is 11.3 Å². The van der Waals surface area contributed by atoms with Gasteiger partial charge in [-0.25, -0.2) is 0 Å². The van der Waals surface area contributed by atoms with E-state index < -0.39 is 0 Å². The van der Waals surface area contributed by atoms with Crippen LogP contribution >= 0.6 is 0 Å². The Morgan fingerprint density at radius 1 is 1.22 bits per heavy atom. The molecule has 0 fully saturated rings. The predicted octanol–water partition coefficient (Wildman–Crippen LogP) is 2.30. The second-order valence-corrected chi connectivity index (χ2v) is 2.36. The van der Waals surface area contributed by atoms with Crippen molar-refractivity contribution >= 4 is 0 Å². The van der Waals surface area contributed by atoms with E-state index >= 15 is 0 Å². The van der Waals surface area contributed by atoms with Gasteiger partial charge in [-0.2, -0.15) is 0 Å². The minimum absolute atomic E-state index is 1.04. The molecule has 1 heteroatoms. The molecule has 0 aliphatic heterocycles. The first-order chi connectivity index (χ1) is 4.22. The van der Waals surface area contributed by atoms with E-state index in [2.05, 4.69) is 33.0 Å². The monoisotopic (exact) mass is 127 g/mol. The summed E-state index contributed by atoms with van der Waals surface area (Å²) in [6.07, 6.45) is 1.12. The van der Waals surface area contributed by atoms with E-state index in [1.54, 1.807) is 0 Å². The third-order valence-electron chi connectivity index (χ3n) is 1.35. The molecular formula is C8H17N. The van der Waals surface area contributed by atoms with Gasteiger partial charge in [-0.15, -0.1) is 0 Å². The second kappa shape index (κ2) is 4.42. The third kappa shape index (κ3) is 3.17. The van der Waals surface area contributed by atoms with Crippen molar-refractivity contribution in [1.29, 1.82) is 0 Å². The Morgan fingerprint density at radius 2 is 1.78 bits per heavy atom. The number of hydrogen-bond acceptors (Lipinski definition) is 1. The normalized spacial score (nSPS) is 8.89. The van der Waals surface area contributed by atoms with Crippen LogP contribution in [0.2, 0.25) is 0 Å². The molecule has 1 nitrogen and oxygen atoms in total. The van der Waals surface area contributed by atoms with Crippen LogP contribution in [0.5, 0.6) is 0 Å². The van der Waals surface area contributed by atoms with Crippen LogP contribution in [-0.4, -0.2) is 6.54 Å². The average Bonchev–Trinajstić information content (AvgIpc) is 1.82. The topological polar surface area (TPSA) is 12.0 Å². The lowest BCUT2D eigenvalue weighted by Gasteiger charge is -2.07. The van der Waals surface area contributed by atoms with Crippen LogP contribution in [0.4, 0.5) is 0 Å². The molecule has 0 saturated heterocycles. The molecule has 9 heavy (non-hydrogen) atoms. The summed E-state index contributed by atoms with van der Waals surface area (Å²) in [7, 11) is 0. The van der Waals surface area contributed by atoms with E-state index in [1.165, 1.54) is 11.3 Å². The smallest absolute Gasteiger partial charge is 0.0115 e. The fraction of sp³-hybridized carbons (Fsp3) is 0.750. The fourth-order valence-corrected chi connectivity index (χ4v) is 0.869. The van der Waals surface area contributed by atoms with Crippen LogP contribution in [0.25, 0.3) is 0 Å². The molecule has 1 N–H and O–H groups in total. The molecule has 0 aromatic heterocycles. The maximum atomic E-state index is 3.31. The molecular weight excluding hydrogens is 110 g/mol. The van der Waals surface area contributed by atoms with Gasteiger partial charge in [-0.1, -0.05) is 12.5 Å². The summed E-state index contributed by atoms with van der Waals surface area (Å²) in [5, 5.41) is 3.31. The van der Waals surface area contributed by atoms with Crippen LogP contribution in [-0.2, 0) is 0 Å². The minimum Gasteiger partial charge on any atom is -0.389 e. The molecule has 54 valence electrons. The first-order valence-corrected chi connectivity index (χ1v) is 3.62. The molecule has 0 radical (unpaired) electrons. The van der Waals surface area contributed by atoms with E-state index in [1.807, 2.05) is 0 Å². The summed E-state index contributed by atoms with van der Waals surface area (Å²) in [4.78, 5) is 0. The molecule has 0 bridgehead atoms. The van der Waals surface area contributed by atoms with Gasteiger partial charge in [0.05, 0.1) is 0 Å². The number of rotatable bonds is 3. The maximum Gasteiger partial charge on any atom is 0.0115 e. The van der Waals surface area contributed by atoms with E-state index in [0.29, 0.717) is 0 Å². The van der Waals surface area contributed by atoms with Gasteiger partial charge in [0.1, 0.15) is 0 Å². The summed E-state index contributed by atoms with van der Waals surface area (Å²) in [5.41, 5.74) is 2.79. The van der Waals surface area contributed by atoms with Gasteiger partial charge in [0.25, 0.3) is 0 Å². The highest BCUT2D eigenvalue weighted by atomic mass is 14.9. The number of allylic oxidation sites excluding steroid dienone is 2. The maximum absolute atomic E-state index is 3.31. The van der Waals surface area contributed by atoms with E-state index in [0.717, 1.165) is 13.0 Å². The van der Waals surface area contributed by atoms with Crippen LogP contribution in [0.3, 0.4) is 0 Å². The number of nitrogens with one attached hydrogen (secondary N) is 1. The Hall–Kier alpha value is -0.460. The van der Waals surface area contributed by atoms with Gasteiger partial charge in [0.15, 0.2) is 0 Å². The van der Waals surface area contributed by atoms with Gasteiger partial charge in [0, 0.05) is 12.2 Å². The fourth-order valence-electron chi connectivity index (χ4n) is 0.869. The minimum atomic E-state index is 1.04. The zero-order valence-corrected chi connectivity index (χ0v) is 6.91. The zero-order chi connectivity index (χ0) is 7.28. The summed E-state index contributed by atoms with van der Waals surface area (Å²) in [6, 6.07) is 0. The molecule has 0 rings (SSSR count). The van der Waals surface area contributed by atoms with Crippen molar-refractivity contribution in [1.82, 2.24) is 5.32 Å². The van der Waals surface area contributed by atoms with Crippen molar-refractivity contribution in [3.8, 4) is 0 Å². The molecule has 0 atom stereocenters. The lowest BCUT2D eigenvalue weighted by molar-refractivity contribution is 0.790. The molecule has 0 aliphatic carbocycles. The summed E-state index contributed by atoms with van der Waals surface area (Å²) < 4.78 is 0. The first-order valence-electron chi connectivity index (χ1n) is 3.62. The highest BCUT2D eigenvalue weighted by molar-refractivity contribution is 5.06. The third-order valence-corrected chi connectivity index (χ3v) is 1.35. The van der Waals surface area contributed by atoms with Gasteiger partial charge < -0.3 is 5.32 Å². The SMILES string of the molecule is CCNC(CC)=C(C)C. The Morgan fingerprint density at radius 3 is 1.89 bits per heavy atom. The van der Waals surface area contributed by atoms with Gasteiger partial charge >= 0.3 is 0 Å². The molecule has 0 aromatic rings. The van der Waals surface area contributed by atoms with Crippen molar-refractivity contribution in [2.24, 2.45) is 0 Å². The Kier molecular flexibility index (Phi) is 4.20. The average molecular weight is 127 g/mol. The van der Waals surface area contributed by atoms with Crippen LogP contribution < -0.4 is 5.32 Å². The van der Waals surface area contributed by atoms with Gasteiger partial charge in [-0.3, -0.25) is 0 Å². The summed E-state index contributed by atoms with van der Waals surface area (Å²) in [6.45, 7) is 9.61. The predicted molar refractivity (Wildman–Crippen MR) is 42.3 cm³/mol. The van der Waals surface area contributed by atoms with E-state index in [4.69, 9.17) is 0 Å². The molecule has 0 unspecified atom stereocenters. The molecule has 0 heterocycles. The lowest BCUT2D eigenvalue weighted by Crippen LogP contribution is -2.12. The highest BCUT2D eigenvalue weighted by Crippen LogP contribution is 2.02. The lowest BCUT2D eigenvalue weighted by atomic mass is 10.2. The number of hydrogen-bond donors (Lipinski definition) is 1. The highest BCUT2D eigenvalue weighted by Gasteiger charge is 1.90. The molecule has 0 saturated carbocycles. The van der Waals surface area contributed by atoms with E-state index in [-0.39, 0.29) is 0 Å². The summed E-state index contributed by atoms with van der Waals surface area (Å²) in [5.74, 6) is 0. The van der Waals surface area contributed by atoms with Crippen molar-refractivity contribution in [3.63, 3.8) is 0 Å². The standard InChI is InChI=1S/C8H17N/c1-5-8(7(3)4)9-6-2/h9H,5-6H2,1-4H3. The largest absolute Gasteiger partial charge is 0.389 e. The molecule has 0 spiro atoms. The zero-order valence-electron chi connectivity index (χ0n) is 6.91. The van der Waals surface area contributed by atoms with Crippen molar-refractivity contribution in [2.75, 3.05) is 6.54 Å². The van der Waals surface area contributed by atoms with Gasteiger partial charge in [0.2, 0.25) is 0 Å². The van der Waals surface area contributed by atoms with Crippen LogP contribution in [0, 0.1) is 0 Å². The molecule has 0 aromatic carbocycles.